The fourth-order valence-electron chi connectivity index (χ4n) is 2.42. The molecule has 1 aliphatic rings. The summed E-state index contributed by atoms with van der Waals surface area (Å²) in [6.07, 6.45) is 0. The van der Waals surface area contributed by atoms with Crippen LogP contribution in [-0.2, 0) is 13.1 Å². The summed E-state index contributed by atoms with van der Waals surface area (Å²) in [7, 11) is 0. The molecule has 0 radical (unpaired) electrons. The number of rotatable bonds is 2. The van der Waals surface area contributed by atoms with E-state index in [0.717, 1.165) is 52.0 Å². The average Bonchev–Trinajstić information content (AvgIpc) is 3.14. The van der Waals surface area contributed by atoms with Gasteiger partial charge in [0.1, 0.15) is 16.5 Å². The summed E-state index contributed by atoms with van der Waals surface area (Å²) < 4.78 is 3.20. The van der Waals surface area contributed by atoms with Crippen molar-refractivity contribution >= 4 is 27.3 Å². The van der Waals surface area contributed by atoms with Crippen molar-refractivity contribution in [3.05, 3.63) is 39.9 Å². The highest BCUT2D eigenvalue weighted by Crippen LogP contribution is 2.33. The number of thiazole rings is 1. The van der Waals surface area contributed by atoms with Gasteiger partial charge in [-0.3, -0.25) is 0 Å². The smallest absolute Gasteiger partial charge is 0.183 e. The Balaban J connectivity index is 1.75. The van der Waals surface area contributed by atoms with E-state index in [2.05, 4.69) is 42.1 Å². The zero-order chi connectivity index (χ0) is 14.2. The molecule has 7 heteroatoms. The normalized spacial score (nSPS) is 14.1. The second kappa shape index (κ2) is 5.32. The SMILES string of the molecule is Brc1ccccc1-c1nc(-c2nnc3n2CCNC3)cs1. The largest absolute Gasteiger partial charge is 0.308 e. The molecule has 0 aliphatic carbocycles. The first-order chi connectivity index (χ1) is 10.3. The number of fused-ring (bicyclic) bond motifs is 1. The fraction of sp³-hybridized carbons (Fsp3) is 0.214. The molecule has 0 fully saturated rings. The van der Waals surface area contributed by atoms with E-state index in [-0.39, 0.29) is 0 Å². The molecule has 3 heterocycles. The molecule has 2 aromatic heterocycles. The lowest BCUT2D eigenvalue weighted by Gasteiger charge is -2.15. The van der Waals surface area contributed by atoms with E-state index < -0.39 is 0 Å². The van der Waals surface area contributed by atoms with Crippen molar-refractivity contribution in [1.82, 2.24) is 25.1 Å². The van der Waals surface area contributed by atoms with Crippen LogP contribution in [-0.4, -0.2) is 26.3 Å². The molecule has 5 nitrogen and oxygen atoms in total. The van der Waals surface area contributed by atoms with E-state index >= 15 is 0 Å². The molecule has 1 aromatic carbocycles. The predicted octanol–water partition coefficient (Wildman–Crippen LogP) is 2.93. The maximum atomic E-state index is 4.74. The van der Waals surface area contributed by atoms with Gasteiger partial charge in [-0.2, -0.15) is 0 Å². The molecule has 1 aliphatic heterocycles. The maximum Gasteiger partial charge on any atom is 0.183 e. The van der Waals surface area contributed by atoms with Crippen LogP contribution in [0.4, 0.5) is 0 Å². The monoisotopic (exact) mass is 361 g/mol. The number of nitrogens with one attached hydrogen (secondary N) is 1. The first-order valence-electron chi connectivity index (χ1n) is 6.66. The van der Waals surface area contributed by atoms with Gasteiger partial charge in [0.05, 0.1) is 6.54 Å². The van der Waals surface area contributed by atoms with Gasteiger partial charge >= 0.3 is 0 Å². The summed E-state index contributed by atoms with van der Waals surface area (Å²) >= 11 is 5.20. The Kier molecular flexibility index (Phi) is 3.33. The standard InChI is InChI=1S/C14H12BrN5S/c15-10-4-2-1-3-9(10)14-17-11(8-21-14)13-19-18-12-7-16-5-6-20(12)13/h1-4,8,16H,5-7H2. The Morgan fingerprint density at radius 1 is 1.24 bits per heavy atom. The highest BCUT2D eigenvalue weighted by molar-refractivity contribution is 9.10. The van der Waals surface area contributed by atoms with Crippen molar-refractivity contribution in [2.75, 3.05) is 6.54 Å². The van der Waals surface area contributed by atoms with Gasteiger partial charge in [0.15, 0.2) is 5.82 Å². The topological polar surface area (TPSA) is 55.6 Å². The predicted molar refractivity (Wildman–Crippen MR) is 86.0 cm³/mol. The number of aromatic nitrogens is 4. The van der Waals surface area contributed by atoms with Crippen molar-refractivity contribution < 1.29 is 0 Å². The van der Waals surface area contributed by atoms with Crippen LogP contribution in [0.15, 0.2) is 34.1 Å². The molecule has 3 aromatic rings. The average molecular weight is 362 g/mol. The van der Waals surface area contributed by atoms with Crippen molar-refractivity contribution in [1.29, 1.82) is 0 Å². The first kappa shape index (κ1) is 13.1. The van der Waals surface area contributed by atoms with Crippen molar-refractivity contribution in [2.45, 2.75) is 13.1 Å². The van der Waals surface area contributed by atoms with Gasteiger partial charge in [-0.1, -0.05) is 34.1 Å². The van der Waals surface area contributed by atoms with Crippen molar-refractivity contribution in [3.63, 3.8) is 0 Å². The van der Waals surface area contributed by atoms with E-state index in [1.54, 1.807) is 11.3 Å². The minimum absolute atomic E-state index is 0.772. The molecule has 0 saturated heterocycles. The Bertz CT molecular complexity index is 794. The van der Waals surface area contributed by atoms with Gasteiger partial charge in [-0.25, -0.2) is 4.98 Å². The summed E-state index contributed by atoms with van der Waals surface area (Å²) in [5, 5.41) is 14.9. The van der Waals surface area contributed by atoms with E-state index in [1.165, 1.54) is 0 Å². The van der Waals surface area contributed by atoms with Crippen LogP contribution in [0.1, 0.15) is 5.82 Å². The summed E-state index contributed by atoms with van der Waals surface area (Å²) in [4.78, 5) is 4.74. The minimum Gasteiger partial charge on any atom is -0.308 e. The van der Waals surface area contributed by atoms with Gasteiger partial charge in [-0.15, -0.1) is 21.5 Å². The Morgan fingerprint density at radius 2 is 2.14 bits per heavy atom. The van der Waals surface area contributed by atoms with E-state index in [1.807, 2.05) is 23.6 Å². The van der Waals surface area contributed by atoms with E-state index in [4.69, 9.17) is 4.98 Å². The van der Waals surface area contributed by atoms with Gasteiger partial charge < -0.3 is 9.88 Å². The third-order valence-electron chi connectivity index (χ3n) is 3.46. The van der Waals surface area contributed by atoms with Crippen LogP contribution in [0.2, 0.25) is 0 Å². The number of benzene rings is 1. The van der Waals surface area contributed by atoms with Gasteiger partial charge in [-0.05, 0) is 6.07 Å². The first-order valence-corrected chi connectivity index (χ1v) is 8.34. The molecule has 21 heavy (non-hydrogen) atoms. The molecule has 0 amide bonds. The Labute approximate surface area is 134 Å². The minimum atomic E-state index is 0.772. The second-order valence-corrected chi connectivity index (χ2v) is 6.50. The molecule has 0 atom stereocenters. The van der Waals surface area contributed by atoms with Crippen LogP contribution < -0.4 is 5.32 Å². The lowest BCUT2D eigenvalue weighted by Crippen LogP contribution is -2.28. The number of hydrogen-bond acceptors (Lipinski definition) is 5. The summed E-state index contributed by atoms with van der Waals surface area (Å²) in [6, 6.07) is 8.12. The molecule has 0 saturated carbocycles. The number of hydrogen-bond donors (Lipinski definition) is 1. The lowest BCUT2D eigenvalue weighted by molar-refractivity contribution is 0.508. The highest BCUT2D eigenvalue weighted by Gasteiger charge is 2.19. The molecular formula is C14H12BrN5S. The van der Waals surface area contributed by atoms with E-state index in [9.17, 15) is 0 Å². The Morgan fingerprint density at radius 3 is 3.05 bits per heavy atom. The third kappa shape index (κ3) is 2.31. The van der Waals surface area contributed by atoms with Gasteiger partial charge in [0.2, 0.25) is 0 Å². The van der Waals surface area contributed by atoms with Crippen LogP contribution >= 0.6 is 27.3 Å². The van der Waals surface area contributed by atoms with E-state index in [0.29, 0.717) is 0 Å². The molecule has 106 valence electrons. The summed E-state index contributed by atoms with van der Waals surface area (Å²) in [6.45, 7) is 2.60. The van der Waals surface area contributed by atoms with Crippen molar-refractivity contribution in [3.8, 4) is 22.1 Å². The molecule has 0 spiro atoms. The second-order valence-electron chi connectivity index (χ2n) is 4.79. The van der Waals surface area contributed by atoms with Gasteiger partial charge in [0, 0.05) is 28.5 Å². The molecule has 1 N–H and O–H groups in total. The quantitative estimate of drug-likeness (QED) is 0.762. The van der Waals surface area contributed by atoms with Crippen molar-refractivity contribution in [2.24, 2.45) is 0 Å². The van der Waals surface area contributed by atoms with Crippen LogP contribution in [0.25, 0.3) is 22.1 Å². The lowest BCUT2D eigenvalue weighted by atomic mass is 10.2. The summed E-state index contributed by atoms with van der Waals surface area (Å²) in [5.41, 5.74) is 2.00. The van der Waals surface area contributed by atoms with Crippen LogP contribution in [0, 0.1) is 0 Å². The molecule has 4 rings (SSSR count). The molecular weight excluding hydrogens is 350 g/mol. The molecule has 0 bridgehead atoms. The zero-order valence-electron chi connectivity index (χ0n) is 11.1. The molecule has 0 unspecified atom stereocenters. The highest BCUT2D eigenvalue weighted by atomic mass is 79.9. The van der Waals surface area contributed by atoms with Gasteiger partial charge in [0.25, 0.3) is 0 Å². The summed E-state index contributed by atoms with van der Waals surface area (Å²) in [5.74, 6) is 1.84. The maximum absolute atomic E-state index is 4.74. The zero-order valence-corrected chi connectivity index (χ0v) is 13.5. The number of nitrogens with zero attached hydrogens (tertiary/aromatic N) is 4. The third-order valence-corrected chi connectivity index (χ3v) is 5.03. The number of halogens is 1. The Hall–Kier alpha value is -1.57. The van der Waals surface area contributed by atoms with Crippen LogP contribution in [0.3, 0.4) is 0 Å². The fourth-order valence-corrected chi connectivity index (χ4v) is 3.86. The van der Waals surface area contributed by atoms with Crippen LogP contribution in [0.5, 0.6) is 0 Å².